The number of imide groups is 1. The van der Waals surface area contributed by atoms with Crippen molar-refractivity contribution in [3.63, 3.8) is 0 Å². The maximum absolute atomic E-state index is 13.3. The molecule has 1 saturated heterocycles. The molecule has 1 aromatic heterocycles. The Hall–Kier alpha value is -4.17. The van der Waals surface area contributed by atoms with Crippen LogP contribution in [0.5, 0.6) is 0 Å². The molecule has 2 aliphatic rings. The van der Waals surface area contributed by atoms with Crippen molar-refractivity contribution >= 4 is 56.1 Å². The molecule has 0 bridgehead atoms. The normalized spacial score (nSPS) is 20.1. The first-order valence-electron chi connectivity index (χ1n) is 14.0. The second kappa shape index (κ2) is 11.2. The Kier molecular flexibility index (Phi) is 7.49. The lowest BCUT2D eigenvalue weighted by Gasteiger charge is -2.25. The molecule has 3 aromatic carbocycles. The molecule has 1 saturated carbocycles. The minimum Gasteiger partial charge on any atom is -0.454 e. The third kappa shape index (κ3) is 5.27. The summed E-state index contributed by atoms with van der Waals surface area (Å²) >= 11 is 3.35. The number of aromatic nitrogens is 1. The number of esters is 1. The summed E-state index contributed by atoms with van der Waals surface area (Å²) < 4.78 is 6.32. The number of fused-ring (bicyclic) bond motifs is 2. The van der Waals surface area contributed by atoms with Crippen molar-refractivity contribution in [3.05, 3.63) is 94.0 Å². The highest BCUT2D eigenvalue weighted by Crippen LogP contribution is 2.42. The lowest BCUT2D eigenvalue weighted by Crippen LogP contribution is -2.30. The molecule has 42 heavy (non-hydrogen) atoms. The predicted octanol–water partition coefficient (Wildman–Crippen LogP) is 6.94. The van der Waals surface area contributed by atoms with Gasteiger partial charge in [0.05, 0.1) is 34.3 Å². The first-order valence-corrected chi connectivity index (χ1v) is 14.8. The van der Waals surface area contributed by atoms with Gasteiger partial charge in [0.2, 0.25) is 11.8 Å². The summed E-state index contributed by atoms with van der Waals surface area (Å²) in [5.41, 5.74) is 4.10. The fourth-order valence-electron chi connectivity index (χ4n) is 6.01. The minimum absolute atomic E-state index is 0.119. The molecule has 2 heterocycles. The molecule has 1 aliphatic carbocycles. The lowest BCUT2D eigenvalue weighted by molar-refractivity contribution is -0.122. The van der Waals surface area contributed by atoms with Crippen molar-refractivity contribution in [2.24, 2.45) is 17.8 Å². The Balaban J connectivity index is 1.27. The van der Waals surface area contributed by atoms with Crippen LogP contribution in [0.25, 0.3) is 22.2 Å². The Morgan fingerprint density at radius 1 is 0.929 bits per heavy atom. The number of halogens is 1. The number of carbonyl (C=O) groups is 4. The van der Waals surface area contributed by atoms with Gasteiger partial charge in [-0.1, -0.05) is 58.7 Å². The number of amides is 2. The van der Waals surface area contributed by atoms with Gasteiger partial charge in [0.25, 0.3) is 0 Å². The van der Waals surface area contributed by atoms with Crippen molar-refractivity contribution in [2.75, 3.05) is 11.5 Å². The second-order valence-corrected chi connectivity index (χ2v) is 12.2. The molecular weight excluding hydrogens is 596 g/mol. The quantitative estimate of drug-likeness (QED) is 0.131. The molecule has 1 aliphatic heterocycles. The lowest BCUT2D eigenvalue weighted by atomic mass is 9.76. The van der Waals surface area contributed by atoms with Crippen LogP contribution in [0.4, 0.5) is 5.69 Å². The van der Waals surface area contributed by atoms with E-state index in [4.69, 9.17) is 9.72 Å². The van der Waals surface area contributed by atoms with Gasteiger partial charge in [0, 0.05) is 21.0 Å². The number of carbonyl (C=O) groups excluding carboxylic acids is 4. The Morgan fingerprint density at radius 2 is 1.64 bits per heavy atom. The second-order valence-electron chi connectivity index (χ2n) is 11.3. The van der Waals surface area contributed by atoms with Crippen LogP contribution in [0.1, 0.15) is 52.5 Å². The zero-order valence-electron chi connectivity index (χ0n) is 23.3. The van der Waals surface area contributed by atoms with Crippen molar-refractivity contribution in [1.29, 1.82) is 0 Å². The monoisotopic (exact) mass is 624 g/mol. The van der Waals surface area contributed by atoms with E-state index in [0.717, 1.165) is 29.3 Å². The maximum atomic E-state index is 13.3. The highest BCUT2D eigenvalue weighted by Gasteiger charge is 2.49. The molecule has 0 N–H and O–H groups in total. The number of benzene rings is 3. The predicted molar refractivity (Wildman–Crippen MR) is 163 cm³/mol. The van der Waals surface area contributed by atoms with E-state index in [1.807, 2.05) is 25.1 Å². The van der Waals surface area contributed by atoms with Gasteiger partial charge in [0.1, 0.15) is 0 Å². The van der Waals surface area contributed by atoms with E-state index in [0.29, 0.717) is 44.9 Å². The van der Waals surface area contributed by atoms with Crippen LogP contribution in [-0.2, 0) is 14.3 Å². The van der Waals surface area contributed by atoms with Gasteiger partial charge in [-0.05, 0) is 74.6 Å². The number of ether oxygens (including phenoxy) is 1. The highest BCUT2D eigenvalue weighted by atomic mass is 79.9. The summed E-state index contributed by atoms with van der Waals surface area (Å²) in [6, 6.07) is 21.3. The summed E-state index contributed by atoms with van der Waals surface area (Å²) in [7, 11) is 0. The standard InChI is InChI=1S/C34H29BrN2O5/c1-19-3-13-25-27(16-19)33(40)37(32(25)39)24-11-7-21(8-12-24)30-17-28(26-15-20(2)4-14-29(26)36-30)34(41)42-18-31(38)22-5-9-23(35)10-6-22/h4-12,14-15,17,19,25,27H,3,13,16,18H2,1-2H3/t19-,25+,27-/m0/s1. The first-order chi connectivity index (χ1) is 20.2. The molecule has 212 valence electrons. The molecule has 6 rings (SSSR count). The van der Waals surface area contributed by atoms with E-state index in [-0.39, 0.29) is 29.4 Å². The van der Waals surface area contributed by atoms with Crippen LogP contribution in [0.3, 0.4) is 0 Å². The number of hydrogen-bond acceptors (Lipinski definition) is 6. The van der Waals surface area contributed by atoms with Gasteiger partial charge >= 0.3 is 5.97 Å². The van der Waals surface area contributed by atoms with Crippen LogP contribution in [0.2, 0.25) is 0 Å². The number of aryl methyl sites for hydroxylation is 1. The van der Waals surface area contributed by atoms with E-state index < -0.39 is 12.6 Å². The van der Waals surface area contributed by atoms with Gasteiger partial charge in [0.15, 0.2) is 12.4 Å². The molecule has 2 fully saturated rings. The number of rotatable bonds is 6. The maximum Gasteiger partial charge on any atom is 0.339 e. The number of ketones is 1. The fraction of sp³-hybridized carbons (Fsp3) is 0.265. The van der Waals surface area contributed by atoms with Gasteiger partial charge in [-0.2, -0.15) is 0 Å². The summed E-state index contributed by atoms with van der Waals surface area (Å²) in [4.78, 5) is 58.3. The summed E-state index contributed by atoms with van der Waals surface area (Å²) in [5.74, 6) is -1.20. The van der Waals surface area contributed by atoms with Crippen LogP contribution < -0.4 is 4.90 Å². The number of anilines is 1. The van der Waals surface area contributed by atoms with Crippen molar-refractivity contribution in [3.8, 4) is 11.3 Å². The molecule has 0 spiro atoms. The number of pyridine rings is 1. The number of hydrogen-bond donors (Lipinski definition) is 0. The largest absolute Gasteiger partial charge is 0.454 e. The van der Waals surface area contributed by atoms with Gasteiger partial charge in [-0.3, -0.25) is 19.3 Å². The Labute approximate surface area is 252 Å². The minimum atomic E-state index is -0.624. The van der Waals surface area contributed by atoms with E-state index in [2.05, 4.69) is 22.9 Å². The number of nitrogens with zero attached hydrogens (tertiary/aromatic N) is 2. The summed E-state index contributed by atoms with van der Waals surface area (Å²) in [6.07, 6.45) is 2.46. The van der Waals surface area contributed by atoms with Crippen LogP contribution in [0, 0.1) is 24.7 Å². The third-order valence-electron chi connectivity index (χ3n) is 8.29. The smallest absolute Gasteiger partial charge is 0.339 e. The SMILES string of the molecule is Cc1ccc2nc(-c3ccc(N4C(=O)[C@H]5C[C@@H](C)CC[C@H]5C4=O)cc3)cc(C(=O)OCC(=O)c3ccc(Br)cc3)c2c1. The average molecular weight is 626 g/mol. The van der Waals surface area contributed by atoms with E-state index in [1.165, 1.54) is 4.90 Å². The zero-order valence-corrected chi connectivity index (χ0v) is 24.9. The molecule has 2 amide bonds. The molecular formula is C34H29BrN2O5. The van der Waals surface area contributed by atoms with Crippen molar-refractivity contribution < 1.29 is 23.9 Å². The molecule has 0 unspecified atom stereocenters. The van der Waals surface area contributed by atoms with Crippen LogP contribution in [-0.4, -0.2) is 35.2 Å². The van der Waals surface area contributed by atoms with Crippen LogP contribution >= 0.6 is 15.9 Å². The third-order valence-corrected chi connectivity index (χ3v) is 8.82. The average Bonchev–Trinajstić information content (AvgIpc) is 3.24. The van der Waals surface area contributed by atoms with Crippen molar-refractivity contribution in [1.82, 2.24) is 4.98 Å². The molecule has 3 atom stereocenters. The van der Waals surface area contributed by atoms with Gasteiger partial charge in [-0.25, -0.2) is 9.78 Å². The van der Waals surface area contributed by atoms with Gasteiger partial charge in [-0.15, -0.1) is 0 Å². The van der Waals surface area contributed by atoms with E-state index in [9.17, 15) is 19.2 Å². The molecule has 7 nitrogen and oxygen atoms in total. The topological polar surface area (TPSA) is 93.6 Å². The first kappa shape index (κ1) is 28.0. The highest BCUT2D eigenvalue weighted by molar-refractivity contribution is 9.10. The summed E-state index contributed by atoms with van der Waals surface area (Å²) in [5, 5.41) is 0.626. The summed E-state index contributed by atoms with van der Waals surface area (Å²) in [6.45, 7) is 3.67. The van der Waals surface area contributed by atoms with Gasteiger partial charge < -0.3 is 4.74 Å². The number of Topliss-reactive ketones (excluding diaryl/α,β-unsaturated/α-hetero) is 1. The molecule has 4 aromatic rings. The van der Waals surface area contributed by atoms with Crippen LogP contribution in [0.15, 0.2) is 77.3 Å². The molecule has 8 heteroatoms. The fourth-order valence-corrected chi connectivity index (χ4v) is 6.27. The zero-order chi connectivity index (χ0) is 29.5. The molecule has 0 radical (unpaired) electrons. The van der Waals surface area contributed by atoms with E-state index >= 15 is 0 Å². The Bertz CT molecular complexity index is 1730. The van der Waals surface area contributed by atoms with Crippen molar-refractivity contribution in [2.45, 2.75) is 33.1 Å². The van der Waals surface area contributed by atoms with E-state index in [1.54, 1.807) is 54.6 Å². The Morgan fingerprint density at radius 3 is 2.38 bits per heavy atom.